The van der Waals surface area contributed by atoms with Gasteiger partial charge in [0.1, 0.15) is 0 Å². The third-order valence-corrected chi connectivity index (χ3v) is 5.66. The fraction of sp³-hybridized carbons (Fsp3) is 0.409. The SMILES string of the molecule is CN1CCN(c2ccc(NC(=O)C3CC3C(=O)NCc3cccnc3)cc2)CC1. The smallest absolute Gasteiger partial charge is 0.228 e. The molecule has 2 unspecified atom stereocenters. The van der Waals surface area contributed by atoms with E-state index >= 15 is 0 Å². The maximum atomic E-state index is 12.5. The standard InChI is InChI=1S/C22H27N5O2/c1-26-9-11-27(12-10-26)18-6-4-17(5-7-18)25-22(29)20-13-19(20)21(28)24-15-16-3-2-8-23-14-16/h2-8,14,19-20H,9-13,15H2,1H3,(H,24,28)(H,25,29). The molecule has 29 heavy (non-hydrogen) atoms. The number of nitrogens with one attached hydrogen (secondary N) is 2. The van der Waals surface area contributed by atoms with E-state index in [9.17, 15) is 9.59 Å². The second kappa shape index (κ2) is 8.61. The van der Waals surface area contributed by atoms with Crippen LogP contribution in [0.4, 0.5) is 11.4 Å². The average Bonchev–Trinajstić information content (AvgIpc) is 3.55. The van der Waals surface area contributed by atoms with Crippen LogP contribution in [0.3, 0.4) is 0 Å². The maximum Gasteiger partial charge on any atom is 0.228 e. The van der Waals surface area contributed by atoms with E-state index in [4.69, 9.17) is 0 Å². The molecule has 1 aliphatic carbocycles. The zero-order valence-electron chi connectivity index (χ0n) is 16.7. The number of aromatic nitrogens is 1. The molecule has 1 saturated carbocycles. The zero-order chi connectivity index (χ0) is 20.2. The van der Waals surface area contributed by atoms with Gasteiger partial charge in [-0.2, -0.15) is 0 Å². The normalized spacial score (nSPS) is 21.5. The van der Waals surface area contributed by atoms with E-state index < -0.39 is 0 Å². The molecule has 0 radical (unpaired) electrons. The summed E-state index contributed by atoms with van der Waals surface area (Å²) in [7, 11) is 2.14. The number of benzene rings is 1. The highest BCUT2D eigenvalue weighted by atomic mass is 16.2. The van der Waals surface area contributed by atoms with E-state index in [1.807, 2.05) is 36.4 Å². The van der Waals surface area contributed by atoms with Gasteiger partial charge in [-0.15, -0.1) is 0 Å². The van der Waals surface area contributed by atoms with Crippen LogP contribution in [-0.4, -0.2) is 54.9 Å². The Kier molecular flexibility index (Phi) is 5.76. The van der Waals surface area contributed by atoms with Crippen LogP contribution < -0.4 is 15.5 Å². The molecular weight excluding hydrogens is 366 g/mol. The molecule has 1 saturated heterocycles. The Labute approximate surface area is 171 Å². The van der Waals surface area contributed by atoms with Gasteiger partial charge in [-0.25, -0.2) is 0 Å². The number of nitrogens with zero attached hydrogens (tertiary/aromatic N) is 3. The van der Waals surface area contributed by atoms with Crippen molar-refractivity contribution >= 4 is 23.2 Å². The molecule has 7 heteroatoms. The summed E-state index contributed by atoms with van der Waals surface area (Å²) in [5.74, 6) is -0.643. The average molecular weight is 393 g/mol. The van der Waals surface area contributed by atoms with Gasteiger partial charge in [0.25, 0.3) is 0 Å². The number of amides is 2. The van der Waals surface area contributed by atoms with Crippen LogP contribution in [0.1, 0.15) is 12.0 Å². The summed E-state index contributed by atoms with van der Waals surface area (Å²) in [5.41, 5.74) is 2.90. The van der Waals surface area contributed by atoms with Gasteiger partial charge in [0.05, 0.1) is 11.8 Å². The summed E-state index contributed by atoms with van der Waals surface area (Å²) in [6.45, 7) is 4.58. The molecule has 1 aromatic heterocycles. The number of pyridine rings is 1. The van der Waals surface area contributed by atoms with Crippen molar-refractivity contribution in [3.63, 3.8) is 0 Å². The fourth-order valence-corrected chi connectivity index (χ4v) is 3.65. The van der Waals surface area contributed by atoms with Crippen molar-refractivity contribution in [2.24, 2.45) is 11.8 Å². The lowest BCUT2D eigenvalue weighted by Crippen LogP contribution is -2.44. The molecule has 4 rings (SSSR count). The van der Waals surface area contributed by atoms with Crippen LogP contribution in [0.5, 0.6) is 0 Å². The summed E-state index contributed by atoms with van der Waals surface area (Å²) >= 11 is 0. The Bertz CT molecular complexity index is 847. The third kappa shape index (κ3) is 4.92. The number of likely N-dealkylation sites (N-methyl/N-ethyl adjacent to an activating group) is 1. The highest BCUT2D eigenvalue weighted by Crippen LogP contribution is 2.39. The van der Waals surface area contributed by atoms with Gasteiger partial charge in [-0.1, -0.05) is 6.07 Å². The quantitative estimate of drug-likeness (QED) is 0.782. The zero-order valence-corrected chi connectivity index (χ0v) is 16.7. The molecule has 0 spiro atoms. The van der Waals surface area contributed by atoms with Crippen molar-refractivity contribution in [1.29, 1.82) is 0 Å². The number of anilines is 2. The number of hydrogen-bond acceptors (Lipinski definition) is 5. The van der Waals surface area contributed by atoms with E-state index in [-0.39, 0.29) is 23.7 Å². The van der Waals surface area contributed by atoms with Crippen LogP contribution >= 0.6 is 0 Å². The molecule has 0 bridgehead atoms. The number of hydrogen-bond donors (Lipinski definition) is 2. The van der Waals surface area contributed by atoms with Gasteiger partial charge >= 0.3 is 0 Å². The second-order valence-electron chi connectivity index (χ2n) is 7.85. The molecule has 1 aliphatic heterocycles. The highest BCUT2D eigenvalue weighted by Gasteiger charge is 2.47. The Hall–Kier alpha value is -2.93. The largest absolute Gasteiger partial charge is 0.369 e. The molecule has 1 aromatic carbocycles. The molecule has 2 atom stereocenters. The van der Waals surface area contributed by atoms with Gasteiger partial charge < -0.3 is 20.4 Å². The van der Waals surface area contributed by atoms with Gasteiger partial charge in [0.2, 0.25) is 11.8 Å². The van der Waals surface area contributed by atoms with Crippen LogP contribution in [-0.2, 0) is 16.1 Å². The van der Waals surface area contributed by atoms with Gasteiger partial charge in [0.15, 0.2) is 0 Å². The van der Waals surface area contributed by atoms with E-state index in [2.05, 4.69) is 32.5 Å². The maximum absolute atomic E-state index is 12.5. The summed E-state index contributed by atoms with van der Waals surface area (Å²) in [5, 5.41) is 5.83. The van der Waals surface area contributed by atoms with Crippen LogP contribution in [0, 0.1) is 11.8 Å². The minimum atomic E-state index is -0.249. The lowest BCUT2D eigenvalue weighted by atomic mass is 10.2. The predicted molar refractivity (Wildman–Crippen MR) is 112 cm³/mol. The molecule has 2 amide bonds. The summed E-state index contributed by atoms with van der Waals surface area (Å²) < 4.78 is 0. The van der Waals surface area contributed by atoms with E-state index in [1.165, 1.54) is 5.69 Å². The summed E-state index contributed by atoms with van der Waals surface area (Å²) in [6.07, 6.45) is 4.03. The van der Waals surface area contributed by atoms with Gasteiger partial charge in [0, 0.05) is 56.5 Å². The molecule has 2 N–H and O–H groups in total. The van der Waals surface area contributed by atoms with Gasteiger partial charge in [-0.3, -0.25) is 14.6 Å². The third-order valence-electron chi connectivity index (χ3n) is 5.66. The number of carbonyl (C=O) groups is 2. The lowest BCUT2D eigenvalue weighted by molar-refractivity contribution is -0.125. The van der Waals surface area contributed by atoms with Crippen molar-refractivity contribution < 1.29 is 9.59 Å². The second-order valence-corrected chi connectivity index (χ2v) is 7.85. The number of carbonyl (C=O) groups excluding carboxylic acids is 2. The van der Waals surface area contributed by atoms with Crippen molar-refractivity contribution in [3.05, 3.63) is 54.4 Å². The first-order chi connectivity index (χ1) is 14.1. The highest BCUT2D eigenvalue weighted by molar-refractivity contribution is 5.99. The van der Waals surface area contributed by atoms with Crippen molar-refractivity contribution in [2.75, 3.05) is 43.4 Å². The Morgan fingerprint density at radius 1 is 1.03 bits per heavy atom. The molecule has 152 valence electrons. The number of piperazine rings is 1. The van der Waals surface area contributed by atoms with Gasteiger partial charge in [-0.05, 0) is 49.4 Å². The summed E-state index contributed by atoms with van der Waals surface area (Å²) in [4.78, 5) is 33.4. The van der Waals surface area contributed by atoms with Crippen LogP contribution in [0.2, 0.25) is 0 Å². The number of rotatable bonds is 6. The first-order valence-electron chi connectivity index (χ1n) is 10.1. The predicted octanol–water partition coefficient (Wildman–Crippen LogP) is 1.72. The van der Waals surface area contributed by atoms with Crippen molar-refractivity contribution in [3.8, 4) is 0 Å². The monoisotopic (exact) mass is 393 g/mol. The van der Waals surface area contributed by atoms with Crippen LogP contribution in [0.15, 0.2) is 48.8 Å². The van der Waals surface area contributed by atoms with E-state index in [0.29, 0.717) is 13.0 Å². The lowest BCUT2D eigenvalue weighted by Gasteiger charge is -2.34. The first kappa shape index (κ1) is 19.4. The Morgan fingerprint density at radius 3 is 2.45 bits per heavy atom. The molecule has 2 aliphatic rings. The van der Waals surface area contributed by atoms with E-state index in [1.54, 1.807) is 12.4 Å². The topological polar surface area (TPSA) is 77.6 Å². The molecule has 2 fully saturated rings. The first-order valence-corrected chi connectivity index (χ1v) is 10.1. The molecule has 2 heterocycles. The Balaban J connectivity index is 1.24. The molecule has 7 nitrogen and oxygen atoms in total. The minimum absolute atomic E-state index is 0.0700. The van der Waals surface area contributed by atoms with Crippen molar-refractivity contribution in [1.82, 2.24) is 15.2 Å². The van der Waals surface area contributed by atoms with E-state index in [0.717, 1.165) is 37.4 Å². The van der Waals surface area contributed by atoms with Crippen molar-refractivity contribution in [2.45, 2.75) is 13.0 Å². The summed E-state index contributed by atoms with van der Waals surface area (Å²) in [6, 6.07) is 11.7. The molecular formula is C22H27N5O2. The molecule has 2 aromatic rings. The minimum Gasteiger partial charge on any atom is -0.369 e. The fourth-order valence-electron chi connectivity index (χ4n) is 3.65. The Morgan fingerprint density at radius 2 is 1.76 bits per heavy atom. The van der Waals surface area contributed by atoms with Crippen LogP contribution in [0.25, 0.3) is 0 Å².